The molecule has 1 rings (SSSR count). The summed E-state index contributed by atoms with van der Waals surface area (Å²) >= 11 is 0. The Labute approximate surface area is 105 Å². The molecule has 0 fully saturated rings. The van der Waals surface area contributed by atoms with Gasteiger partial charge in [0, 0.05) is 6.54 Å². The molecule has 0 saturated heterocycles. The summed E-state index contributed by atoms with van der Waals surface area (Å²) in [6.45, 7) is 0.352. The molecule has 0 heterocycles. The molecule has 0 atom stereocenters. The third kappa shape index (κ3) is 3.53. The summed E-state index contributed by atoms with van der Waals surface area (Å²) < 4.78 is 10.1. The van der Waals surface area contributed by atoms with Crippen molar-refractivity contribution in [2.75, 3.05) is 27.8 Å². The van der Waals surface area contributed by atoms with Crippen LogP contribution in [0.15, 0.2) is 12.1 Å². The molecule has 18 heavy (non-hydrogen) atoms. The fourth-order valence-electron chi connectivity index (χ4n) is 1.64. The van der Waals surface area contributed by atoms with E-state index in [2.05, 4.69) is 0 Å². The summed E-state index contributed by atoms with van der Waals surface area (Å²) in [6, 6.07) is 3.30. The second-order valence-electron chi connectivity index (χ2n) is 3.91. The first-order valence-corrected chi connectivity index (χ1v) is 5.32. The summed E-state index contributed by atoms with van der Waals surface area (Å²) in [5, 5.41) is 18.4. The van der Waals surface area contributed by atoms with Crippen molar-refractivity contribution in [3.8, 4) is 17.2 Å². The molecule has 6 heteroatoms. The molecule has 0 aliphatic rings. The van der Waals surface area contributed by atoms with Crippen LogP contribution in [0.1, 0.15) is 5.56 Å². The maximum atomic E-state index is 10.6. The second kappa shape index (κ2) is 6.11. The van der Waals surface area contributed by atoms with Gasteiger partial charge in [0.05, 0.1) is 20.8 Å². The maximum absolute atomic E-state index is 10.6. The number of hydrogen-bond donors (Lipinski definition) is 2. The lowest BCUT2D eigenvalue weighted by molar-refractivity contribution is -0.138. The van der Waals surface area contributed by atoms with Gasteiger partial charge in [0.1, 0.15) is 0 Å². The number of aliphatic carboxylic acids is 1. The molecular weight excluding hydrogens is 238 g/mol. The van der Waals surface area contributed by atoms with E-state index in [-0.39, 0.29) is 12.3 Å². The first kappa shape index (κ1) is 14.1. The largest absolute Gasteiger partial charge is 0.502 e. The fraction of sp³-hybridized carbons (Fsp3) is 0.417. The lowest BCUT2D eigenvalue weighted by Gasteiger charge is -2.16. The minimum atomic E-state index is -0.893. The van der Waals surface area contributed by atoms with Crippen molar-refractivity contribution in [1.82, 2.24) is 4.90 Å². The highest BCUT2D eigenvalue weighted by atomic mass is 16.5. The van der Waals surface area contributed by atoms with E-state index in [4.69, 9.17) is 14.6 Å². The molecule has 1 aromatic rings. The molecule has 0 saturated carbocycles. The van der Waals surface area contributed by atoms with Crippen molar-refractivity contribution >= 4 is 5.97 Å². The SMILES string of the molecule is COc1cc(CN(C)CC(=O)O)cc(OC)c1O. The van der Waals surface area contributed by atoms with Crippen molar-refractivity contribution in [2.45, 2.75) is 6.54 Å². The number of phenolic OH excluding ortho intramolecular Hbond substituents is 1. The van der Waals surface area contributed by atoms with Gasteiger partial charge in [-0.3, -0.25) is 9.69 Å². The molecule has 0 unspecified atom stereocenters. The molecule has 2 N–H and O–H groups in total. The van der Waals surface area contributed by atoms with E-state index in [1.165, 1.54) is 14.2 Å². The van der Waals surface area contributed by atoms with Crippen molar-refractivity contribution < 1.29 is 24.5 Å². The molecule has 0 bridgehead atoms. The number of ether oxygens (including phenoxy) is 2. The Bertz CT molecular complexity index is 407. The van der Waals surface area contributed by atoms with Crippen LogP contribution < -0.4 is 9.47 Å². The number of aromatic hydroxyl groups is 1. The van der Waals surface area contributed by atoms with Gasteiger partial charge >= 0.3 is 5.97 Å². The van der Waals surface area contributed by atoms with E-state index in [1.807, 2.05) is 0 Å². The molecule has 0 amide bonds. The third-order valence-electron chi connectivity index (χ3n) is 2.40. The number of hydrogen-bond acceptors (Lipinski definition) is 5. The third-order valence-corrected chi connectivity index (χ3v) is 2.40. The van der Waals surface area contributed by atoms with Crippen LogP contribution in [0.4, 0.5) is 0 Å². The van der Waals surface area contributed by atoms with Crippen LogP contribution in [0.3, 0.4) is 0 Å². The monoisotopic (exact) mass is 255 g/mol. The molecule has 0 spiro atoms. The highest BCUT2D eigenvalue weighted by Crippen LogP contribution is 2.37. The predicted molar refractivity (Wildman–Crippen MR) is 65.2 cm³/mol. The first-order valence-electron chi connectivity index (χ1n) is 5.32. The van der Waals surface area contributed by atoms with Crippen molar-refractivity contribution in [3.63, 3.8) is 0 Å². The van der Waals surface area contributed by atoms with Crippen LogP contribution in [-0.2, 0) is 11.3 Å². The van der Waals surface area contributed by atoms with E-state index in [0.29, 0.717) is 18.0 Å². The van der Waals surface area contributed by atoms with Crippen LogP contribution >= 0.6 is 0 Å². The Morgan fingerprint density at radius 3 is 2.17 bits per heavy atom. The number of carbonyl (C=O) groups is 1. The Kier molecular flexibility index (Phi) is 4.79. The van der Waals surface area contributed by atoms with Gasteiger partial charge in [-0.1, -0.05) is 0 Å². The highest BCUT2D eigenvalue weighted by Gasteiger charge is 2.13. The summed E-state index contributed by atoms with van der Waals surface area (Å²) in [7, 11) is 4.58. The van der Waals surface area contributed by atoms with E-state index < -0.39 is 5.97 Å². The van der Waals surface area contributed by atoms with Gasteiger partial charge in [0.25, 0.3) is 0 Å². The van der Waals surface area contributed by atoms with Gasteiger partial charge in [-0.05, 0) is 24.7 Å². The van der Waals surface area contributed by atoms with Crippen molar-refractivity contribution in [1.29, 1.82) is 0 Å². The predicted octanol–water partition coefficient (Wildman–Crippen LogP) is 0.926. The highest BCUT2D eigenvalue weighted by molar-refractivity contribution is 5.69. The van der Waals surface area contributed by atoms with Crippen LogP contribution in [-0.4, -0.2) is 48.9 Å². The van der Waals surface area contributed by atoms with Crippen LogP contribution in [0.2, 0.25) is 0 Å². The zero-order chi connectivity index (χ0) is 13.7. The quantitative estimate of drug-likeness (QED) is 0.787. The van der Waals surface area contributed by atoms with Gasteiger partial charge in [-0.25, -0.2) is 0 Å². The van der Waals surface area contributed by atoms with E-state index in [9.17, 15) is 9.90 Å². The normalized spacial score (nSPS) is 10.4. The number of likely N-dealkylation sites (N-methyl/N-ethyl adjacent to an activating group) is 1. The van der Waals surface area contributed by atoms with Gasteiger partial charge in [-0.2, -0.15) is 0 Å². The summed E-state index contributed by atoms with van der Waals surface area (Å²) in [5.41, 5.74) is 0.797. The molecule has 0 aromatic heterocycles. The molecule has 100 valence electrons. The number of carboxylic acid groups (broad SMARTS) is 1. The van der Waals surface area contributed by atoms with Crippen LogP contribution in [0.25, 0.3) is 0 Å². The Morgan fingerprint density at radius 2 is 1.78 bits per heavy atom. The van der Waals surface area contributed by atoms with Crippen LogP contribution in [0.5, 0.6) is 17.2 Å². The molecule has 6 nitrogen and oxygen atoms in total. The van der Waals surface area contributed by atoms with Crippen molar-refractivity contribution in [3.05, 3.63) is 17.7 Å². The summed E-state index contributed by atoms with van der Waals surface area (Å²) in [5.74, 6) is -0.360. The number of benzene rings is 1. The van der Waals surface area contributed by atoms with Crippen LogP contribution in [0, 0.1) is 0 Å². The molecule has 0 radical (unpaired) electrons. The van der Waals surface area contributed by atoms with E-state index >= 15 is 0 Å². The van der Waals surface area contributed by atoms with Crippen molar-refractivity contribution in [2.24, 2.45) is 0 Å². The van der Waals surface area contributed by atoms with Gasteiger partial charge < -0.3 is 19.7 Å². The summed E-state index contributed by atoms with van der Waals surface area (Å²) in [4.78, 5) is 12.2. The topological polar surface area (TPSA) is 79.2 Å². The van der Waals surface area contributed by atoms with E-state index in [1.54, 1.807) is 24.1 Å². The lowest BCUT2D eigenvalue weighted by atomic mass is 10.1. The van der Waals surface area contributed by atoms with Gasteiger partial charge in [0.15, 0.2) is 11.5 Å². The number of nitrogens with zero attached hydrogens (tertiary/aromatic N) is 1. The van der Waals surface area contributed by atoms with E-state index in [0.717, 1.165) is 5.56 Å². The maximum Gasteiger partial charge on any atom is 0.317 e. The zero-order valence-electron chi connectivity index (χ0n) is 10.6. The molecule has 1 aromatic carbocycles. The molecule has 0 aliphatic heterocycles. The standard InChI is InChI=1S/C12H17NO5/c1-13(7-11(14)15)6-8-4-9(17-2)12(16)10(5-8)18-3/h4-5,16H,6-7H2,1-3H3,(H,14,15). The minimum absolute atomic E-state index is 0.0640. The number of carboxylic acids is 1. The van der Waals surface area contributed by atoms with Gasteiger partial charge in [-0.15, -0.1) is 0 Å². The number of methoxy groups -OCH3 is 2. The second-order valence-corrected chi connectivity index (χ2v) is 3.91. The number of rotatable bonds is 6. The smallest absolute Gasteiger partial charge is 0.317 e. The Hall–Kier alpha value is -1.95. The zero-order valence-corrected chi connectivity index (χ0v) is 10.6. The Morgan fingerprint density at radius 1 is 1.28 bits per heavy atom. The average Bonchev–Trinajstić information content (AvgIpc) is 2.29. The minimum Gasteiger partial charge on any atom is -0.502 e. The number of phenols is 1. The first-order chi connectivity index (χ1) is 8.47. The molecular formula is C12H17NO5. The lowest BCUT2D eigenvalue weighted by Crippen LogP contribution is -2.25. The summed E-state index contributed by atoms with van der Waals surface area (Å²) in [6.07, 6.45) is 0. The fourth-order valence-corrected chi connectivity index (χ4v) is 1.64. The molecule has 0 aliphatic carbocycles. The average molecular weight is 255 g/mol. The Balaban J connectivity index is 2.92. The van der Waals surface area contributed by atoms with Gasteiger partial charge in [0.2, 0.25) is 5.75 Å².